The zero-order valence-electron chi connectivity index (χ0n) is 16.3. The summed E-state index contributed by atoms with van der Waals surface area (Å²) < 4.78 is 0. The number of benzene rings is 2. The predicted octanol–water partition coefficient (Wildman–Crippen LogP) is 4.12. The summed E-state index contributed by atoms with van der Waals surface area (Å²) in [7, 11) is 0. The van der Waals surface area contributed by atoms with Crippen LogP contribution >= 0.6 is 11.3 Å². The highest BCUT2D eigenvalue weighted by Gasteiger charge is 2.34. The molecule has 0 aliphatic carbocycles. The molecule has 0 saturated heterocycles. The van der Waals surface area contributed by atoms with Gasteiger partial charge in [0.1, 0.15) is 6.04 Å². The van der Waals surface area contributed by atoms with E-state index in [1.807, 2.05) is 72.7 Å². The maximum absolute atomic E-state index is 12.9. The van der Waals surface area contributed by atoms with Crippen molar-refractivity contribution in [1.29, 1.82) is 0 Å². The number of fused-ring (bicyclic) bond motifs is 1. The fourth-order valence-corrected chi connectivity index (χ4v) is 4.10. The Morgan fingerprint density at radius 1 is 1.17 bits per heavy atom. The van der Waals surface area contributed by atoms with E-state index in [-0.39, 0.29) is 18.2 Å². The molecule has 0 bridgehead atoms. The molecule has 0 fully saturated rings. The Balaban J connectivity index is 1.60. The first-order chi connectivity index (χ1) is 14.0. The first kappa shape index (κ1) is 19.1. The number of amides is 2. The average molecular weight is 407 g/mol. The number of carbonyl (C=O) groups excluding carboxylic acids is 2. The second-order valence-electron chi connectivity index (χ2n) is 7.08. The van der Waals surface area contributed by atoms with Crippen molar-refractivity contribution >= 4 is 40.2 Å². The highest BCUT2D eigenvalue weighted by molar-refractivity contribution is 7.09. The number of anilines is 3. The third kappa shape index (κ3) is 4.14. The van der Waals surface area contributed by atoms with Gasteiger partial charge in [-0.3, -0.25) is 9.59 Å². The fourth-order valence-electron chi connectivity index (χ4n) is 3.50. The van der Waals surface area contributed by atoms with E-state index in [4.69, 9.17) is 0 Å². The van der Waals surface area contributed by atoms with Crippen molar-refractivity contribution in [3.05, 3.63) is 70.2 Å². The Morgan fingerprint density at radius 3 is 2.69 bits per heavy atom. The number of nitrogens with one attached hydrogen (secondary N) is 2. The lowest BCUT2D eigenvalue weighted by Crippen LogP contribution is -2.49. The van der Waals surface area contributed by atoms with Gasteiger partial charge in [-0.1, -0.05) is 30.3 Å². The monoisotopic (exact) mass is 406 g/mol. The molecule has 2 heterocycles. The molecule has 4 rings (SSSR count). The molecule has 148 valence electrons. The summed E-state index contributed by atoms with van der Waals surface area (Å²) in [6.07, 6.45) is 0.0532. The summed E-state index contributed by atoms with van der Waals surface area (Å²) in [5, 5.41) is 8.84. The normalized spacial score (nSPS) is 15.6. The fraction of sp³-hybridized carbons (Fsp3) is 0.227. The number of aromatic nitrogens is 1. The Morgan fingerprint density at radius 2 is 1.93 bits per heavy atom. The van der Waals surface area contributed by atoms with E-state index in [0.717, 1.165) is 33.3 Å². The third-order valence-corrected chi connectivity index (χ3v) is 5.77. The van der Waals surface area contributed by atoms with Gasteiger partial charge in [0.05, 0.1) is 35.0 Å². The van der Waals surface area contributed by atoms with E-state index in [2.05, 4.69) is 15.6 Å². The Bertz CT molecular complexity index is 1060. The second-order valence-corrected chi connectivity index (χ2v) is 8.14. The summed E-state index contributed by atoms with van der Waals surface area (Å²) in [6, 6.07) is 14.6. The van der Waals surface area contributed by atoms with Crippen LogP contribution in [-0.2, 0) is 16.1 Å². The van der Waals surface area contributed by atoms with Gasteiger partial charge >= 0.3 is 0 Å². The van der Waals surface area contributed by atoms with Crippen LogP contribution in [0.25, 0.3) is 0 Å². The van der Waals surface area contributed by atoms with E-state index in [1.54, 1.807) is 11.3 Å². The van der Waals surface area contributed by atoms with E-state index in [0.29, 0.717) is 6.54 Å². The predicted molar refractivity (Wildman–Crippen MR) is 116 cm³/mol. The number of aryl methyl sites for hydroxylation is 2. The van der Waals surface area contributed by atoms with Gasteiger partial charge in [0.25, 0.3) is 0 Å². The summed E-state index contributed by atoms with van der Waals surface area (Å²) in [4.78, 5) is 32.1. The topological polar surface area (TPSA) is 74.3 Å². The molecule has 29 heavy (non-hydrogen) atoms. The van der Waals surface area contributed by atoms with Gasteiger partial charge in [-0.25, -0.2) is 4.98 Å². The number of thiazole rings is 1. The van der Waals surface area contributed by atoms with Crippen molar-refractivity contribution in [2.75, 3.05) is 15.5 Å². The minimum Gasteiger partial charge on any atom is -0.351 e. The van der Waals surface area contributed by atoms with Crippen LogP contribution in [0.5, 0.6) is 0 Å². The van der Waals surface area contributed by atoms with Gasteiger partial charge in [-0.05, 0) is 37.6 Å². The highest BCUT2D eigenvalue weighted by atomic mass is 32.1. The number of hydrogen-bond donors (Lipinski definition) is 2. The maximum Gasteiger partial charge on any atom is 0.247 e. The lowest BCUT2D eigenvalue weighted by Gasteiger charge is -2.37. The smallest absolute Gasteiger partial charge is 0.247 e. The zero-order valence-corrected chi connectivity index (χ0v) is 17.1. The van der Waals surface area contributed by atoms with Gasteiger partial charge in [0.2, 0.25) is 11.8 Å². The van der Waals surface area contributed by atoms with Gasteiger partial charge in [0.15, 0.2) is 0 Å². The molecule has 1 aliphatic rings. The average Bonchev–Trinajstić information content (AvgIpc) is 3.11. The van der Waals surface area contributed by atoms with Crippen LogP contribution in [0.4, 0.5) is 17.1 Å². The van der Waals surface area contributed by atoms with Crippen molar-refractivity contribution < 1.29 is 9.59 Å². The van der Waals surface area contributed by atoms with Crippen LogP contribution in [0.2, 0.25) is 0 Å². The molecule has 7 heteroatoms. The number of rotatable bonds is 5. The second kappa shape index (κ2) is 8.05. The Hall–Kier alpha value is -3.19. The molecule has 2 N–H and O–H groups in total. The summed E-state index contributed by atoms with van der Waals surface area (Å²) in [6.45, 7) is 4.37. The molecule has 2 aromatic carbocycles. The SMILES string of the molecule is Cc1nc(CN2c3ccccc3NC(=O)[C@@H]2CC(=O)Nc2ccccc2C)cs1. The molecular weight excluding hydrogens is 384 g/mol. The molecular formula is C22H22N4O2S. The summed E-state index contributed by atoms with van der Waals surface area (Å²) in [5.41, 5.74) is 4.28. The molecule has 1 aromatic heterocycles. The third-order valence-electron chi connectivity index (χ3n) is 4.95. The van der Waals surface area contributed by atoms with Crippen LogP contribution in [0.1, 0.15) is 22.7 Å². The van der Waals surface area contributed by atoms with E-state index >= 15 is 0 Å². The molecule has 2 amide bonds. The molecule has 0 saturated carbocycles. The standard InChI is InChI=1S/C22H22N4O2S/c1-14-7-3-4-8-17(14)24-21(27)11-20-22(28)25-18-9-5-6-10-19(18)26(20)12-16-13-29-15(2)23-16/h3-10,13,20H,11-12H2,1-2H3,(H,24,27)(H,25,28)/t20-/m0/s1. The first-order valence-electron chi connectivity index (χ1n) is 9.44. The van der Waals surface area contributed by atoms with E-state index in [1.165, 1.54) is 0 Å². The van der Waals surface area contributed by atoms with Gasteiger partial charge in [-0.15, -0.1) is 11.3 Å². The van der Waals surface area contributed by atoms with Gasteiger partial charge in [-0.2, -0.15) is 0 Å². The van der Waals surface area contributed by atoms with Crippen LogP contribution in [0, 0.1) is 13.8 Å². The summed E-state index contributed by atoms with van der Waals surface area (Å²) in [5.74, 6) is -0.381. The number of para-hydroxylation sites is 3. The minimum atomic E-state index is -0.615. The Kier molecular flexibility index (Phi) is 5.31. The lowest BCUT2D eigenvalue weighted by atomic mass is 10.0. The molecule has 0 spiro atoms. The van der Waals surface area contributed by atoms with Crippen molar-refractivity contribution in [3.8, 4) is 0 Å². The quantitative estimate of drug-likeness (QED) is 0.669. The van der Waals surface area contributed by atoms with Gasteiger partial charge < -0.3 is 15.5 Å². The molecule has 1 aliphatic heterocycles. The van der Waals surface area contributed by atoms with Crippen LogP contribution in [0.15, 0.2) is 53.9 Å². The zero-order chi connectivity index (χ0) is 20.4. The number of nitrogens with zero attached hydrogens (tertiary/aromatic N) is 2. The first-order valence-corrected chi connectivity index (χ1v) is 10.3. The van der Waals surface area contributed by atoms with Crippen molar-refractivity contribution in [2.24, 2.45) is 0 Å². The van der Waals surface area contributed by atoms with Crippen molar-refractivity contribution in [3.63, 3.8) is 0 Å². The largest absolute Gasteiger partial charge is 0.351 e. The molecule has 0 unspecified atom stereocenters. The number of carbonyl (C=O) groups is 2. The Labute approximate surface area is 173 Å². The van der Waals surface area contributed by atoms with Crippen LogP contribution in [-0.4, -0.2) is 22.8 Å². The molecule has 3 aromatic rings. The lowest BCUT2D eigenvalue weighted by molar-refractivity contribution is -0.122. The minimum absolute atomic E-state index is 0.0532. The van der Waals surface area contributed by atoms with Gasteiger partial charge in [0, 0.05) is 11.1 Å². The maximum atomic E-state index is 12.9. The van der Waals surface area contributed by atoms with Crippen LogP contribution in [0.3, 0.4) is 0 Å². The molecule has 1 atom stereocenters. The highest BCUT2D eigenvalue weighted by Crippen LogP contribution is 2.34. The van der Waals surface area contributed by atoms with E-state index in [9.17, 15) is 9.59 Å². The summed E-state index contributed by atoms with van der Waals surface area (Å²) >= 11 is 1.58. The molecule has 6 nitrogen and oxygen atoms in total. The molecule has 0 radical (unpaired) electrons. The van der Waals surface area contributed by atoms with Crippen molar-refractivity contribution in [2.45, 2.75) is 32.9 Å². The number of hydrogen-bond acceptors (Lipinski definition) is 5. The van der Waals surface area contributed by atoms with Crippen LogP contribution < -0.4 is 15.5 Å². The van der Waals surface area contributed by atoms with Crippen molar-refractivity contribution in [1.82, 2.24) is 4.98 Å². The van der Waals surface area contributed by atoms with E-state index < -0.39 is 6.04 Å².